The minimum absolute atomic E-state index is 0.262. The van der Waals surface area contributed by atoms with Gasteiger partial charge in [-0.15, -0.1) is 0 Å². The molecule has 1 heterocycles. The second-order valence-corrected chi connectivity index (χ2v) is 9.76. The molecule has 6 nitrogen and oxygen atoms in total. The van der Waals surface area contributed by atoms with Crippen LogP contribution in [0.15, 0.2) is 48.5 Å². The number of benzene rings is 2. The Morgan fingerprint density at radius 3 is 2.54 bits per heavy atom. The third kappa shape index (κ3) is 4.59. The zero-order valence-corrected chi connectivity index (χ0v) is 17.5. The first-order valence-corrected chi connectivity index (χ1v) is 11.1. The molecule has 0 radical (unpaired) electrons. The van der Waals surface area contributed by atoms with Crippen molar-refractivity contribution in [1.82, 2.24) is 5.32 Å². The molecule has 0 unspecified atom stereocenters. The van der Waals surface area contributed by atoms with E-state index in [1.807, 2.05) is 38.1 Å². The van der Waals surface area contributed by atoms with Crippen molar-refractivity contribution in [2.45, 2.75) is 31.9 Å². The van der Waals surface area contributed by atoms with Crippen molar-refractivity contribution in [3.63, 3.8) is 0 Å². The van der Waals surface area contributed by atoms with Crippen LogP contribution >= 0.6 is 11.6 Å². The average Bonchev–Trinajstić information content (AvgIpc) is 2.58. The zero-order chi connectivity index (χ0) is 20.5. The highest BCUT2D eigenvalue weighted by molar-refractivity contribution is 7.92. The number of halogens is 1. The summed E-state index contributed by atoms with van der Waals surface area (Å²) in [6.45, 7) is 3.55. The first kappa shape index (κ1) is 20.5. The van der Waals surface area contributed by atoms with Gasteiger partial charge in [-0.05, 0) is 32.0 Å². The van der Waals surface area contributed by atoms with E-state index in [2.05, 4.69) is 5.32 Å². The quantitative estimate of drug-likeness (QED) is 0.799. The summed E-state index contributed by atoms with van der Waals surface area (Å²) < 4.78 is 31.6. The maximum Gasteiger partial charge on any atom is 0.241 e. The van der Waals surface area contributed by atoms with Crippen LogP contribution in [0.4, 0.5) is 5.69 Å². The molecule has 0 aromatic heterocycles. The molecule has 8 heteroatoms. The van der Waals surface area contributed by atoms with Crippen molar-refractivity contribution in [3.05, 3.63) is 59.1 Å². The SMILES string of the molecule is CC1(C)C[C@@H](NC(=O)CN(c2ccccc2Cl)S(C)(=O)=O)c2ccccc2O1. The van der Waals surface area contributed by atoms with E-state index in [-0.39, 0.29) is 23.3 Å². The smallest absolute Gasteiger partial charge is 0.241 e. The highest BCUT2D eigenvalue weighted by atomic mass is 35.5. The van der Waals surface area contributed by atoms with E-state index in [0.717, 1.165) is 21.9 Å². The Balaban J connectivity index is 1.83. The van der Waals surface area contributed by atoms with Crippen LogP contribution in [0.5, 0.6) is 5.75 Å². The Kier molecular flexibility index (Phi) is 5.59. The summed E-state index contributed by atoms with van der Waals surface area (Å²) in [6, 6.07) is 13.8. The number of carbonyl (C=O) groups is 1. The maximum atomic E-state index is 12.8. The molecule has 0 bridgehead atoms. The molecular formula is C20H23ClN2O4S. The molecule has 0 fully saturated rings. The molecule has 3 rings (SSSR count). The number of fused-ring (bicyclic) bond motifs is 1. The molecule has 0 saturated carbocycles. The molecule has 0 spiro atoms. The fraction of sp³-hybridized carbons (Fsp3) is 0.350. The van der Waals surface area contributed by atoms with Gasteiger partial charge in [-0.1, -0.05) is 41.9 Å². The van der Waals surface area contributed by atoms with Crippen LogP contribution in [-0.4, -0.2) is 32.7 Å². The number of hydrogen-bond acceptors (Lipinski definition) is 4. The molecule has 1 amide bonds. The lowest BCUT2D eigenvalue weighted by atomic mass is 9.89. The minimum atomic E-state index is -3.70. The van der Waals surface area contributed by atoms with Gasteiger partial charge in [0, 0.05) is 12.0 Å². The first-order valence-electron chi connectivity index (χ1n) is 8.86. The summed E-state index contributed by atoms with van der Waals surface area (Å²) in [6.07, 6.45) is 1.62. The topological polar surface area (TPSA) is 75.7 Å². The first-order chi connectivity index (χ1) is 13.1. The van der Waals surface area contributed by atoms with Crippen molar-refractivity contribution < 1.29 is 17.9 Å². The monoisotopic (exact) mass is 422 g/mol. The average molecular weight is 423 g/mol. The van der Waals surface area contributed by atoms with Crippen LogP contribution in [-0.2, 0) is 14.8 Å². The molecule has 150 valence electrons. The van der Waals surface area contributed by atoms with Crippen molar-refractivity contribution >= 4 is 33.2 Å². The lowest BCUT2D eigenvalue weighted by Gasteiger charge is -2.38. The number of ether oxygens (including phenoxy) is 1. The standard InChI is InChI=1S/C20H23ClN2O4S/c1-20(2)12-16(14-8-4-7-11-18(14)27-20)22-19(24)13-23(28(3,25)26)17-10-6-5-9-15(17)21/h4-11,16H,12-13H2,1-3H3,(H,22,24)/t16-/m1/s1. The van der Waals surface area contributed by atoms with Crippen LogP contribution in [0.1, 0.15) is 31.9 Å². The van der Waals surface area contributed by atoms with E-state index < -0.39 is 21.5 Å². The summed E-state index contributed by atoms with van der Waals surface area (Å²) in [5.41, 5.74) is 0.694. The highest BCUT2D eigenvalue weighted by Gasteiger charge is 2.35. The van der Waals surface area contributed by atoms with Crippen LogP contribution in [0.2, 0.25) is 5.02 Å². The van der Waals surface area contributed by atoms with Gasteiger partial charge in [0.25, 0.3) is 0 Å². The summed E-state index contributed by atoms with van der Waals surface area (Å²) >= 11 is 6.15. The normalized spacial score (nSPS) is 17.9. The molecule has 1 atom stereocenters. The van der Waals surface area contributed by atoms with Crippen LogP contribution < -0.4 is 14.4 Å². The van der Waals surface area contributed by atoms with Gasteiger partial charge >= 0.3 is 0 Å². The Morgan fingerprint density at radius 2 is 1.86 bits per heavy atom. The van der Waals surface area contributed by atoms with Gasteiger partial charge in [0.2, 0.25) is 15.9 Å². The second-order valence-electron chi connectivity index (χ2n) is 7.44. The minimum Gasteiger partial charge on any atom is -0.487 e. The maximum absolute atomic E-state index is 12.8. The number of anilines is 1. The Hall–Kier alpha value is -2.25. The van der Waals surface area contributed by atoms with Gasteiger partial charge in [0.1, 0.15) is 17.9 Å². The largest absolute Gasteiger partial charge is 0.487 e. The van der Waals surface area contributed by atoms with Crippen LogP contribution in [0.3, 0.4) is 0 Å². The van der Waals surface area contributed by atoms with Gasteiger partial charge < -0.3 is 10.1 Å². The van der Waals surface area contributed by atoms with Crippen LogP contribution in [0.25, 0.3) is 0 Å². The lowest BCUT2D eigenvalue weighted by Crippen LogP contribution is -2.45. The third-order valence-corrected chi connectivity index (χ3v) is 5.97. The van der Waals surface area contributed by atoms with E-state index in [9.17, 15) is 13.2 Å². The molecular weight excluding hydrogens is 400 g/mol. The van der Waals surface area contributed by atoms with Crippen molar-refractivity contribution in [3.8, 4) is 5.75 Å². The number of amides is 1. The molecule has 2 aromatic rings. The summed E-state index contributed by atoms with van der Waals surface area (Å²) in [7, 11) is -3.70. The number of rotatable bonds is 5. The van der Waals surface area contributed by atoms with Crippen molar-refractivity contribution in [2.24, 2.45) is 0 Å². The van der Waals surface area contributed by atoms with E-state index in [4.69, 9.17) is 16.3 Å². The fourth-order valence-electron chi connectivity index (χ4n) is 3.34. The number of carbonyl (C=O) groups excluding carboxylic acids is 1. The second kappa shape index (κ2) is 7.64. The number of para-hydroxylation sites is 2. The Labute approximate surface area is 170 Å². The predicted octanol–water partition coefficient (Wildman–Crippen LogP) is 3.52. The zero-order valence-electron chi connectivity index (χ0n) is 16.0. The molecule has 28 heavy (non-hydrogen) atoms. The van der Waals surface area contributed by atoms with Crippen molar-refractivity contribution in [1.29, 1.82) is 0 Å². The number of hydrogen-bond donors (Lipinski definition) is 1. The van der Waals surface area contributed by atoms with Gasteiger partial charge in [-0.25, -0.2) is 8.42 Å². The van der Waals surface area contributed by atoms with E-state index in [1.54, 1.807) is 24.3 Å². The molecule has 2 aromatic carbocycles. The van der Waals surface area contributed by atoms with E-state index in [1.165, 1.54) is 0 Å². The Morgan fingerprint density at radius 1 is 1.21 bits per heavy atom. The summed E-state index contributed by atoms with van der Waals surface area (Å²) in [4.78, 5) is 12.8. The molecule has 1 aliphatic rings. The summed E-state index contributed by atoms with van der Waals surface area (Å²) in [5.74, 6) is 0.304. The highest BCUT2D eigenvalue weighted by Crippen LogP contribution is 2.39. The summed E-state index contributed by atoms with van der Waals surface area (Å²) in [5, 5.41) is 3.22. The van der Waals surface area contributed by atoms with Gasteiger partial charge in [0.15, 0.2) is 0 Å². The van der Waals surface area contributed by atoms with Gasteiger partial charge in [0.05, 0.1) is 23.0 Å². The van der Waals surface area contributed by atoms with Gasteiger partial charge in [-0.3, -0.25) is 9.10 Å². The van der Waals surface area contributed by atoms with Crippen LogP contribution in [0, 0.1) is 0 Å². The molecule has 1 aliphatic heterocycles. The third-order valence-electron chi connectivity index (χ3n) is 4.52. The van der Waals surface area contributed by atoms with Gasteiger partial charge in [-0.2, -0.15) is 0 Å². The molecule has 0 aliphatic carbocycles. The van der Waals surface area contributed by atoms with E-state index in [0.29, 0.717) is 6.42 Å². The Bertz CT molecular complexity index is 991. The number of nitrogens with one attached hydrogen (secondary N) is 1. The predicted molar refractivity (Wildman–Crippen MR) is 110 cm³/mol. The lowest BCUT2D eigenvalue weighted by molar-refractivity contribution is -0.120. The molecule has 0 saturated heterocycles. The molecule has 1 N–H and O–H groups in total. The fourth-order valence-corrected chi connectivity index (χ4v) is 4.49. The van der Waals surface area contributed by atoms with Crippen molar-refractivity contribution in [2.75, 3.05) is 17.1 Å². The van der Waals surface area contributed by atoms with E-state index >= 15 is 0 Å². The number of nitrogens with zero attached hydrogens (tertiary/aromatic N) is 1. The number of sulfonamides is 1.